The van der Waals surface area contributed by atoms with Crippen molar-refractivity contribution in [2.45, 2.75) is 27.7 Å². The Morgan fingerprint density at radius 2 is 2.05 bits per heavy atom. The molecule has 0 bridgehead atoms. The summed E-state index contributed by atoms with van der Waals surface area (Å²) >= 11 is 0. The molecule has 1 rings (SSSR count). The Morgan fingerprint density at radius 3 is 2.55 bits per heavy atom. The third-order valence-corrected chi connectivity index (χ3v) is 3.54. The molecular formula is C15H23N3O2. The lowest BCUT2D eigenvalue weighted by Crippen LogP contribution is -2.38. The number of nitrogens with two attached hydrogens (primary N) is 1. The lowest BCUT2D eigenvalue weighted by Gasteiger charge is -2.24. The topological polar surface area (TPSA) is 78.9 Å². The van der Waals surface area contributed by atoms with Crippen LogP contribution in [0.4, 0.5) is 0 Å². The molecule has 1 aromatic carbocycles. The molecule has 1 unspecified atom stereocenters. The van der Waals surface area contributed by atoms with E-state index in [2.05, 4.69) is 5.16 Å². The molecule has 1 atom stereocenters. The highest BCUT2D eigenvalue weighted by Gasteiger charge is 2.19. The zero-order valence-corrected chi connectivity index (χ0v) is 12.6. The van der Waals surface area contributed by atoms with Crippen molar-refractivity contribution in [3.8, 4) is 0 Å². The second-order valence-electron chi connectivity index (χ2n) is 5.07. The number of aryl methyl sites for hydroxylation is 2. The number of amidine groups is 1. The van der Waals surface area contributed by atoms with E-state index in [-0.39, 0.29) is 17.7 Å². The van der Waals surface area contributed by atoms with E-state index < -0.39 is 0 Å². The van der Waals surface area contributed by atoms with E-state index in [1.54, 1.807) is 4.90 Å². The van der Waals surface area contributed by atoms with Crippen molar-refractivity contribution in [2.75, 3.05) is 13.1 Å². The van der Waals surface area contributed by atoms with Gasteiger partial charge < -0.3 is 15.8 Å². The molecular weight excluding hydrogens is 254 g/mol. The highest BCUT2D eigenvalue weighted by molar-refractivity contribution is 5.95. The van der Waals surface area contributed by atoms with Crippen LogP contribution in [0.25, 0.3) is 0 Å². The molecule has 1 aromatic rings. The van der Waals surface area contributed by atoms with Crippen LogP contribution >= 0.6 is 0 Å². The van der Waals surface area contributed by atoms with Crippen molar-refractivity contribution in [3.05, 3.63) is 34.9 Å². The molecule has 0 saturated carbocycles. The number of hydrogen-bond acceptors (Lipinski definition) is 3. The summed E-state index contributed by atoms with van der Waals surface area (Å²) in [5.74, 6) is -0.0834. The van der Waals surface area contributed by atoms with Gasteiger partial charge in [-0.15, -0.1) is 0 Å². The molecule has 0 spiro atoms. The van der Waals surface area contributed by atoms with Gasteiger partial charge in [-0.25, -0.2) is 0 Å². The Labute approximate surface area is 120 Å². The molecule has 0 aliphatic carbocycles. The Morgan fingerprint density at radius 1 is 1.40 bits per heavy atom. The van der Waals surface area contributed by atoms with Crippen LogP contribution in [0.1, 0.15) is 35.3 Å². The Bertz CT molecular complexity index is 512. The third-order valence-electron chi connectivity index (χ3n) is 3.54. The number of amides is 1. The molecule has 20 heavy (non-hydrogen) atoms. The van der Waals surface area contributed by atoms with Crippen LogP contribution in [0.5, 0.6) is 0 Å². The van der Waals surface area contributed by atoms with Gasteiger partial charge in [0.2, 0.25) is 0 Å². The van der Waals surface area contributed by atoms with Crippen molar-refractivity contribution >= 4 is 11.7 Å². The number of benzene rings is 1. The summed E-state index contributed by atoms with van der Waals surface area (Å²) < 4.78 is 0. The monoisotopic (exact) mass is 277 g/mol. The third kappa shape index (κ3) is 3.73. The molecule has 0 fully saturated rings. The summed E-state index contributed by atoms with van der Waals surface area (Å²) in [7, 11) is 0. The van der Waals surface area contributed by atoms with E-state index in [1.165, 1.54) is 0 Å². The maximum atomic E-state index is 12.5. The highest BCUT2D eigenvalue weighted by Crippen LogP contribution is 2.13. The fourth-order valence-corrected chi connectivity index (χ4v) is 1.94. The number of hydrogen-bond donors (Lipinski definition) is 2. The Kier molecular flexibility index (Phi) is 5.55. The standard InChI is InChI=1S/C15H23N3O2/c1-5-18(9-12(4)14(16)17-20)15(19)13-7-6-10(2)11(3)8-13/h6-8,12,20H,5,9H2,1-4H3,(H2,16,17). The van der Waals surface area contributed by atoms with Gasteiger partial charge in [-0.1, -0.05) is 18.1 Å². The van der Waals surface area contributed by atoms with Gasteiger partial charge in [-0.3, -0.25) is 4.79 Å². The molecule has 5 heteroatoms. The quantitative estimate of drug-likeness (QED) is 0.374. The van der Waals surface area contributed by atoms with Crippen LogP contribution in [0, 0.1) is 19.8 Å². The minimum atomic E-state index is -0.185. The SMILES string of the molecule is CCN(CC(C)C(N)=NO)C(=O)c1ccc(C)c(C)c1. The zero-order valence-electron chi connectivity index (χ0n) is 12.6. The van der Waals surface area contributed by atoms with E-state index in [9.17, 15) is 4.79 Å². The van der Waals surface area contributed by atoms with Crippen molar-refractivity contribution in [1.82, 2.24) is 4.90 Å². The Hall–Kier alpha value is -2.04. The number of carbonyl (C=O) groups excluding carboxylic acids is 1. The molecule has 110 valence electrons. The van der Waals surface area contributed by atoms with E-state index in [4.69, 9.17) is 10.9 Å². The van der Waals surface area contributed by atoms with E-state index in [0.29, 0.717) is 18.7 Å². The highest BCUT2D eigenvalue weighted by atomic mass is 16.4. The van der Waals surface area contributed by atoms with Gasteiger partial charge >= 0.3 is 0 Å². The van der Waals surface area contributed by atoms with Gasteiger partial charge in [0, 0.05) is 24.6 Å². The van der Waals surface area contributed by atoms with Crippen LogP contribution in [0.2, 0.25) is 0 Å². The summed E-state index contributed by atoms with van der Waals surface area (Å²) in [6.07, 6.45) is 0. The first-order valence-corrected chi connectivity index (χ1v) is 6.74. The summed E-state index contributed by atoms with van der Waals surface area (Å²) in [5.41, 5.74) is 8.49. The number of nitrogens with zero attached hydrogens (tertiary/aromatic N) is 2. The van der Waals surface area contributed by atoms with Gasteiger partial charge in [0.25, 0.3) is 5.91 Å². The molecule has 0 radical (unpaired) electrons. The molecule has 3 N–H and O–H groups in total. The van der Waals surface area contributed by atoms with E-state index >= 15 is 0 Å². The minimum Gasteiger partial charge on any atom is -0.409 e. The van der Waals surface area contributed by atoms with E-state index in [1.807, 2.05) is 45.9 Å². The van der Waals surface area contributed by atoms with Crippen LogP contribution < -0.4 is 5.73 Å². The van der Waals surface area contributed by atoms with Crippen LogP contribution in [0.15, 0.2) is 23.4 Å². The van der Waals surface area contributed by atoms with Crippen LogP contribution in [-0.2, 0) is 0 Å². The molecule has 0 saturated heterocycles. The number of oxime groups is 1. The average Bonchev–Trinajstić information content (AvgIpc) is 2.45. The molecule has 0 aliphatic heterocycles. The van der Waals surface area contributed by atoms with Crippen molar-refractivity contribution in [2.24, 2.45) is 16.8 Å². The summed E-state index contributed by atoms with van der Waals surface area (Å²) in [6, 6.07) is 5.68. The van der Waals surface area contributed by atoms with Gasteiger partial charge in [0.1, 0.15) is 5.84 Å². The van der Waals surface area contributed by atoms with Crippen molar-refractivity contribution in [3.63, 3.8) is 0 Å². The minimum absolute atomic E-state index is 0.0341. The van der Waals surface area contributed by atoms with Crippen molar-refractivity contribution < 1.29 is 10.0 Å². The largest absolute Gasteiger partial charge is 0.409 e. The predicted octanol–water partition coefficient (Wildman–Crippen LogP) is 2.15. The molecule has 0 aromatic heterocycles. The lowest BCUT2D eigenvalue weighted by molar-refractivity contribution is 0.0753. The van der Waals surface area contributed by atoms with Gasteiger partial charge in [-0.05, 0) is 44.0 Å². The fourth-order valence-electron chi connectivity index (χ4n) is 1.94. The van der Waals surface area contributed by atoms with Crippen LogP contribution in [0.3, 0.4) is 0 Å². The maximum Gasteiger partial charge on any atom is 0.253 e. The Balaban J connectivity index is 2.89. The van der Waals surface area contributed by atoms with Crippen LogP contribution in [-0.4, -0.2) is 34.9 Å². The summed E-state index contributed by atoms with van der Waals surface area (Å²) in [6.45, 7) is 8.75. The van der Waals surface area contributed by atoms with Gasteiger partial charge in [0.05, 0.1) is 0 Å². The van der Waals surface area contributed by atoms with Crippen molar-refractivity contribution in [1.29, 1.82) is 0 Å². The smallest absolute Gasteiger partial charge is 0.253 e. The second kappa shape index (κ2) is 6.93. The first kappa shape index (κ1) is 16.0. The number of rotatable bonds is 5. The predicted molar refractivity (Wildman–Crippen MR) is 80.1 cm³/mol. The summed E-state index contributed by atoms with van der Waals surface area (Å²) in [5, 5.41) is 11.7. The second-order valence-corrected chi connectivity index (χ2v) is 5.07. The number of carbonyl (C=O) groups is 1. The van der Waals surface area contributed by atoms with E-state index in [0.717, 1.165) is 11.1 Å². The van der Waals surface area contributed by atoms with Gasteiger partial charge in [0.15, 0.2) is 0 Å². The fraction of sp³-hybridized carbons (Fsp3) is 0.467. The normalized spacial score (nSPS) is 13.1. The zero-order chi connectivity index (χ0) is 15.3. The summed E-state index contributed by atoms with van der Waals surface area (Å²) in [4.78, 5) is 14.2. The maximum absolute atomic E-state index is 12.5. The lowest BCUT2D eigenvalue weighted by atomic mass is 10.0. The average molecular weight is 277 g/mol. The molecule has 5 nitrogen and oxygen atoms in total. The van der Waals surface area contributed by atoms with Gasteiger partial charge in [-0.2, -0.15) is 0 Å². The molecule has 0 aliphatic rings. The molecule has 0 heterocycles. The first-order valence-electron chi connectivity index (χ1n) is 6.74. The molecule has 1 amide bonds. The first-order chi connectivity index (χ1) is 9.40.